The van der Waals surface area contributed by atoms with Gasteiger partial charge in [0.05, 0.1) is 6.54 Å². The van der Waals surface area contributed by atoms with Gasteiger partial charge in [-0.2, -0.15) is 0 Å². The molecule has 0 fully saturated rings. The van der Waals surface area contributed by atoms with Crippen LogP contribution >= 0.6 is 0 Å². The van der Waals surface area contributed by atoms with E-state index in [1.807, 2.05) is 31.2 Å². The van der Waals surface area contributed by atoms with Crippen LogP contribution in [0.5, 0.6) is 0 Å². The molecular formula is C15H20N2O4. The molecule has 0 unspecified atom stereocenters. The molecule has 0 aliphatic carbocycles. The summed E-state index contributed by atoms with van der Waals surface area (Å²) in [5, 5.41) is 5.12. The SMILES string of the molecule is CCC(=O)OCC(=O)NCC(=O)Nc1ccccc1CC. The summed E-state index contributed by atoms with van der Waals surface area (Å²) in [5.41, 5.74) is 1.76. The smallest absolute Gasteiger partial charge is 0.306 e. The van der Waals surface area contributed by atoms with Gasteiger partial charge in [0.2, 0.25) is 5.91 Å². The van der Waals surface area contributed by atoms with Crippen molar-refractivity contribution in [2.45, 2.75) is 26.7 Å². The van der Waals surface area contributed by atoms with E-state index in [4.69, 9.17) is 0 Å². The van der Waals surface area contributed by atoms with E-state index in [1.165, 1.54) is 0 Å². The Bertz CT molecular complexity index is 514. The van der Waals surface area contributed by atoms with E-state index < -0.39 is 11.9 Å². The first kappa shape index (κ1) is 16.7. The highest BCUT2D eigenvalue weighted by molar-refractivity contribution is 5.95. The van der Waals surface area contributed by atoms with Crippen molar-refractivity contribution in [3.63, 3.8) is 0 Å². The minimum atomic E-state index is -0.504. The molecule has 1 aromatic carbocycles. The van der Waals surface area contributed by atoms with Gasteiger partial charge in [0.25, 0.3) is 5.91 Å². The van der Waals surface area contributed by atoms with Gasteiger partial charge in [0, 0.05) is 12.1 Å². The molecule has 0 atom stereocenters. The Morgan fingerprint density at radius 1 is 1.10 bits per heavy atom. The number of carbonyl (C=O) groups excluding carboxylic acids is 3. The van der Waals surface area contributed by atoms with E-state index in [0.29, 0.717) is 0 Å². The van der Waals surface area contributed by atoms with Crippen LogP contribution in [0.25, 0.3) is 0 Å². The van der Waals surface area contributed by atoms with Gasteiger partial charge < -0.3 is 15.4 Å². The second-order valence-electron chi connectivity index (χ2n) is 4.35. The third-order valence-electron chi connectivity index (χ3n) is 2.77. The third kappa shape index (κ3) is 6.07. The lowest BCUT2D eigenvalue weighted by molar-refractivity contribution is -0.148. The molecule has 0 aliphatic rings. The number of aryl methyl sites for hydroxylation is 1. The summed E-state index contributed by atoms with van der Waals surface area (Å²) in [6.07, 6.45) is 1.01. The molecule has 6 heteroatoms. The Kier molecular flexibility index (Phi) is 6.94. The maximum absolute atomic E-state index is 11.7. The van der Waals surface area contributed by atoms with Gasteiger partial charge in [-0.05, 0) is 18.1 Å². The zero-order valence-corrected chi connectivity index (χ0v) is 12.3. The molecule has 6 nitrogen and oxygen atoms in total. The monoisotopic (exact) mass is 292 g/mol. The number of anilines is 1. The number of esters is 1. The van der Waals surface area contributed by atoms with Crippen LogP contribution in [0.2, 0.25) is 0 Å². The van der Waals surface area contributed by atoms with Crippen molar-refractivity contribution in [3.8, 4) is 0 Å². The van der Waals surface area contributed by atoms with Gasteiger partial charge in [0.15, 0.2) is 6.61 Å². The summed E-state index contributed by atoms with van der Waals surface area (Å²) in [6, 6.07) is 7.47. The number of para-hydroxylation sites is 1. The molecule has 21 heavy (non-hydrogen) atoms. The zero-order valence-electron chi connectivity index (χ0n) is 12.3. The van der Waals surface area contributed by atoms with Crippen molar-refractivity contribution in [1.29, 1.82) is 0 Å². The van der Waals surface area contributed by atoms with E-state index in [1.54, 1.807) is 6.92 Å². The van der Waals surface area contributed by atoms with Crippen LogP contribution in [-0.4, -0.2) is 30.9 Å². The number of amides is 2. The fourth-order valence-electron chi connectivity index (χ4n) is 1.62. The minimum Gasteiger partial charge on any atom is -0.456 e. The number of rotatable bonds is 7. The van der Waals surface area contributed by atoms with Gasteiger partial charge in [-0.15, -0.1) is 0 Å². The van der Waals surface area contributed by atoms with Crippen molar-refractivity contribution < 1.29 is 19.1 Å². The lowest BCUT2D eigenvalue weighted by atomic mass is 10.1. The number of hydrogen-bond acceptors (Lipinski definition) is 4. The van der Waals surface area contributed by atoms with E-state index in [9.17, 15) is 14.4 Å². The molecule has 0 spiro atoms. The number of ether oxygens (including phenoxy) is 1. The maximum atomic E-state index is 11.7. The molecule has 2 amide bonds. The molecule has 1 rings (SSSR count). The third-order valence-corrected chi connectivity index (χ3v) is 2.77. The second kappa shape index (κ2) is 8.73. The maximum Gasteiger partial charge on any atom is 0.306 e. The fraction of sp³-hybridized carbons (Fsp3) is 0.400. The van der Waals surface area contributed by atoms with E-state index in [2.05, 4.69) is 15.4 Å². The second-order valence-corrected chi connectivity index (χ2v) is 4.35. The molecule has 0 aliphatic heterocycles. The predicted octanol–water partition coefficient (Wildman–Crippen LogP) is 1.26. The van der Waals surface area contributed by atoms with Crippen LogP contribution in [0.15, 0.2) is 24.3 Å². The largest absolute Gasteiger partial charge is 0.456 e. The van der Waals surface area contributed by atoms with Gasteiger partial charge in [-0.3, -0.25) is 14.4 Å². The molecule has 0 saturated carbocycles. The summed E-state index contributed by atoms with van der Waals surface area (Å²) >= 11 is 0. The Labute approximate surface area is 123 Å². The molecule has 1 aromatic rings. The van der Waals surface area contributed by atoms with Crippen LogP contribution in [0, 0.1) is 0 Å². The summed E-state index contributed by atoms with van der Waals surface area (Å²) < 4.78 is 4.66. The van der Waals surface area contributed by atoms with Gasteiger partial charge >= 0.3 is 5.97 Å². The molecule has 0 heterocycles. The van der Waals surface area contributed by atoms with E-state index >= 15 is 0 Å². The first-order valence-corrected chi connectivity index (χ1v) is 6.86. The van der Waals surface area contributed by atoms with Crippen LogP contribution in [0.1, 0.15) is 25.8 Å². The highest BCUT2D eigenvalue weighted by Crippen LogP contribution is 2.14. The van der Waals surface area contributed by atoms with Crippen molar-refractivity contribution in [1.82, 2.24) is 5.32 Å². The van der Waals surface area contributed by atoms with Gasteiger partial charge in [0.1, 0.15) is 0 Å². The Balaban J connectivity index is 2.37. The highest BCUT2D eigenvalue weighted by atomic mass is 16.5. The number of nitrogens with one attached hydrogen (secondary N) is 2. The fourth-order valence-corrected chi connectivity index (χ4v) is 1.62. The van der Waals surface area contributed by atoms with E-state index in [0.717, 1.165) is 17.7 Å². The summed E-state index contributed by atoms with van der Waals surface area (Å²) in [7, 11) is 0. The molecule has 0 saturated heterocycles. The normalized spacial score (nSPS) is 9.81. The number of benzene rings is 1. The average molecular weight is 292 g/mol. The Morgan fingerprint density at radius 2 is 1.81 bits per heavy atom. The van der Waals surface area contributed by atoms with Crippen molar-refractivity contribution in [2.24, 2.45) is 0 Å². The first-order chi connectivity index (χ1) is 10.1. The quantitative estimate of drug-likeness (QED) is 0.741. The molecular weight excluding hydrogens is 272 g/mol. The molecule has 2 N–H and O–H groups in total. The standard InChI is InChI=1S/C15H20N2O4/c1-3-11-7-5-6-8-12(11)17-13(18)9-16-14(19)10-21-15(20)4-2/h5-8H,3-4,9-10H2,1-2H3,(H,16,19)(H,17,18). The summed E-state index contributed by atoms with van der Waals surface area (Å²) in [5.74, 6) is -1.28. The number of hydrogen-bond donors (Lipinski definition) is 2. The van der Waals surface area contributed by atoms with Crippen molar-refractivity contribution >= 4 is 23.5 Å². The van der Waals surface area contributed by atoms with Crippen LogP contribution in [0.4, 0.5) is 5.69 Å². The van der Waals surface area contributed by atoms with E-state index in [-0.39, 0.29) is 25.5 Å². The summed E-state index contributed by atoms with van der Waals surface area (Å²) in [6.45, 7) is 3.10. The Hall–Kier alpha value is -2.37. The topological polar surface area (TPSA) is 84.5 Å². The summed E-state index contributed by atoms with van der Waals surface area (Å²) in [4.78, 5) is 34.0. The van der Waals surface area contributed by atoms with Crippen LogP contribution < -0.4 is 10.6 Å². The minimum absolute atomic E-state index is 0.166. The van der Waals surface area contributed by atoms with Gasteiger partial charge in [-0.1, -0.05) is 32.0 Å². The lowest BCUT2D eigenvalue weighted by Gasteiger charge is -2.10. The highest BCUT2D eigenvalue weighted by Gasteiger charge is 2.09. The Morgan fingerprint density at radius 3 is 2.48 bits per heavy atom. The molecule has 0 aromatic heterocycles. The van der Waals surface area contributed by atoms with Crippen molar-refractivity contribution in [3.05, 3.63) is 29.8 Å². The first-order valence-electron chi connectivity index (χ1n) is 6.86. The van der Waals surface area contributed by atoms with Crippen LogP contribution in [0.3, 0.4) is 0 Å². The predicted molar refractivity (Wildman–Crippen MR) is 78.7 cm³/mol. The molecule has 114 valence electrons. The lowest BCUT2D eigenvalue weighted by Crippen LogP contribution is -2.35. The average Bonchev–Trinajstić information content (AvgIpc) is 2.51. The van der Waals surface area contributed by atoms with Gasteiger partial charge in [-0.25, -0.2) is 0 Å². The van der Waals surface area contributed by atoms with Crippen LogP contribution in [-0.2, 0) is 25.5 Å². The molecule has 0 bridgehead atoms. The van der Waals surface area contributed by atoms with Crippen molar-refractivity contribution in [2.75, 3.05) is 18.5 Å². The molecule has 0 radical (unpaired) electrons. The number of carbonyl (C=O) groups is 3. The zero-order chi connectivity index (χ0) is 15.7.